The number of hydrogen-bond donors (Lipinski definition) is 1. The van der Waals surface area contributed by atoms with Gasteiger partial charge in [-0.25, -0.2) is 17.9 Å². The molecule has 0 aromatic heterocycles. The van der Waals surface area contributed by atoms with Crippen LogP contribution in [0.3, 0.4) is 0 Å². The predicted molar refractivity (Wildman–Crippen MR) is 110 cm³/mol. The van der Waals surface area contributed by atoms with E-state index in [4.69, 9.17) is 4.74 Å². The van der Waals surface area contributed by atoms with Crippen molar-refractivity contribution in [2.24, 2.45) is 5.92 Å². The zero-order chi connectivity index (χ0) is 20.1. The molecule has 2 aliphatic rings. The smallest absolute Gasteiger partial charge is 0.409 e. The van der Waals surface area contributed by atoms with Crippen molar-refractivity contribution in [3.63, 3.8) is 0 Å². The summed E-state index contributed by atoms with van der Waals surface area (Å²) in [4.78, 5) is 16.4. The third kappa shape index (κ3) is 5.38. The number of piperidine rings is 2. The minimum Gasteiger partial charge on any atom is -0.453 e. The number of hydrogen-bond acceptors (Lipinski definition) is 5. The Balaban J connectivity index is 1.75. The molecule has 3 rings (SSSR count). The van der Waals surface area contributed by atoms with Gasteiger partial charge in [0.05, 0.1) is 19.4 Å². The molecule has 0 bridgehead atoms. The molecule has 1 aromatic rings. The maximum Gasteiger partial charge on any atom is 0.409 e. The Labute approximate surface area is 168 Å². The third-order valence-electron chi connectivity index (χ3n) is 5.77. The molecule has 1 aromatic carbocycles. The van der Waals surface area contributed by atoms with E-state index in [2.05, 4.69) is 21.8 Å². The number of carbonyl (C=O) groups is 1. The summed E-state index contributed by atoms with van der Waals surface area (Å²) in [6, 6.07) is 9.90. The van der Waals surface area contributed by atoms with Crippen molar-refractivity contribution in [1.82, 2.24) is 9.62 Å². The Kier molecular flexibility index (Phi) is 6.82. The number of rotatable bonds is 5. The van der Waals surface area contributed by atoms with Crippen LogP contribution in [0, 0.1) is 5.92 Å². The average molecular weight is 410 g/mol. The maximum absolute atomic E-state index is 12.3. The largest absolute Gasteiger partial charge is 0.453 e. The van der Waals surface area contributed by atoms with Crippen LogP contribution in [0.4, 0.5) is 10.5 Å². The molecular weight excluding hydrogens is 378 g/mol. The van der Waals surface area contributed by atoms with E-state index in [1.54, 1.807) is 4.90 Å². The van der Waals surface area contributed by atoms with Gasteiger partial charge < -0.3 is 14.5 Å². The highest BCUT2D eigenvalue weighted by Gasteiger charge is 2.38. The van der Waals surface area contributed by atoms with E-state index >= 15 is 0 Å². The molecule has 0 aliphatic carbocycles. The lowest BCUT2D eigenvalue weighted by Crippen LogP contribution is -2.58. The van der Waals surface area contributed by atoms with Gasteiger partial charge in [0.25, 0.3) is 0 Å². The van der Waals surface area contributed by atoms with Crippen molar-refractivity contribution in [3.05, 3.63) is 30.3 Å². The normalized spacial score (nSPS) is 26.1. The molecule has 0 spiro atoms. The van der Waals surface area contributed by atoms with Crippen LogP contribution in [0.5, 0.6) is 0 Å². The summed E-state index contributed by atoms with van der Waals surface area (Å²) in [5.41, 5.74) is 1.21. The van der Waals surface area contributed by atoms with Crippen molar-refractivity contribution < 1.29 is 17.9 Å². The fraction of sp³-hybridized carbons (Fsp3) is 0.650. The van der Waals surface area contributed by atoms with E-state index in [0.717, 1.165) is 45.2 Å². The molecule has 2 fully saturated rings. The van der Waals surface area contributed by atoms with Crippen LogP contribution in [0.1, 0.15) is 32.1 Å². The fourth-order valence-corrected chi connectivity index (χ4v) is 5.40. The molecule has 7 nitrogen and oxygen atoms in total. The lowest BCUT2D eigenvalue weighted by atomic mass is 9.85. The van der Waals surface area contributed by atoms with Crippen LogP contribution < -0.4 is 9.62 Å². The molecule has 1 unspecified atom stereocenters. The second kappa shape index (κ2) is 9.13. The zero-order valence-electron chi connectivity index (χ0n) is 16.7. The molecule has 28 heavy (non-hydrogen) atoms. The number of para-hydroxylation sites is 1. The van der Waals surface area contributed by atoms with Gasteiger partial charge in [0.2, 0.25) is 10.0 Å². The van der Waals surface area contributed by atoms with E-state index in [1.165, 1.54) is 19.1 Å². The highest BCUT2D eigenvalue weighted by atomic mass is 32.2. The van der Waals surface area contributed by atoms with Gasteiger partial charge in [-0.2, -0.15) is 0 Å². The fourth-order valence-electron chi connectivity index (χ4n) is 4.58. The van der Waals surface area contributed by atoms with Crippen LogP contribution in [-0.4, -0.2) is 64.5 Å². The first-order chi connectivity index (χ1) is 13.4. The van der Waals surface area contributed by atoms with Gasteiger partial charge in [-0.05, 0) is 50.2 Å². The zero-order valence-corrected chi connectivity index (χ0v) is 17.5. The van der Waals surface area contributed by atoms with Crippen LogP contribution in [0.2, 0.25) is 0 Å². The van der Waals surface area contributed by atoms with Crippen molar-refractivity contribution in [2.75, 3.05) is 37.9 Å². The summed E-state index contributed by atoms with van der Waals surface area (Å²) in [6.07, 6.45) is 5.25. The Hall–Kier alpha value is -1.80. The van der Waals surface area contributed by atoms with Crippen LogP contribution >= 0.6 is 0 Å². The van der Waals surface area contributed by atoms with E-state index in [-0.39, 0.29) is 18.2 Å². The SMILES string of the molecule is COC(=O)N1CCC[C@H](NS(C)(=O)=O)[C@@H]1CC1CCCN(c2ccccc2)C1. The summed E-state index contributed by atoms with van der Waals surface area (Å²) in [5, 5.41) is 0. The van der Waals surface area contributed by atoms with Gasteiger partial charge >= 0.3 is 6.09 Å². The molecule has 0 saturated carbocycles. The van der Waals surface area contributed by atoms with Crippen LogP contribution in [0.25, 0.3) is 0 Å². The minimum atomic E-state index is -3.35. The number of carbonyl (C=O) groups excluding carboxylic acids is 1. The molecule has 0 radical (unpaired) electrons. The summed E-state index contributed by atoms with van der Waals surface area (Å²) in [5.74, 6) is 0.396. The first-order valence-corrected chi connectivity index (χ1v) is 11.9. The van der Waals surface area contributed by atoms with Crippen molar-refractivity contribution in [3.8, 4) is 0 Å². The van der Waals surface area contributed by atoms with Crippen molar-refractivity contribution in [2.45, 2.75) is 44.2 Å². The van der Waals surface area contributed by atoms with Gasteiger partial charge in [-0.15, -0.1) is 0 Å². The number of methoxy groups -OCH3 is 1. The first kappa shape index (κ1) is 20.9. The number of benzene rings is 1. The van der Waals surface area contributed by atoms with Crippen LogP contribution in [0.15, 0.2) is 30.3 Å². The number of likely N-dealkylation sites (tertiary alicyclic amines) is 1. The Morgan fingerprint density at radius 2 is 1.89 bits per heavy atom. The third-order valence-corrected chi connectivity index (χ3v) is 6.50. The Bertz CT molecular complexity index is 756. The predicted octanol–water partition coefficient (Wildman–Crippen LogP) is 2.44. The maximum atomic E-state index is 12.3. The molecular formula is C20H31N3O4S. The lowest BCUT2D eigenvalue weighted by molar-refractivity contribution is 0.0687. The van der Waals surface area contributed by atoms with E-state index in [9.17, 15) is 13.2 Å². The molecule has 2 heterocycles. The number of ether oxygens (including phenoxy) is 1. The number of anilines is 1. The molecule has 8 heteroatoms. The number of nitrogens with zero attached hydrogens (tertiary/aromatic N) is 2. The monoisotopic (exact) mass is 409 g/mol. The molecule has 1 amide bonds. The number of sulfonamides is 1. The summed E-state index contributed by atoms with van der Waals surface area (Å²) in [6.45, 7) is 2.55. The summed E-state index contributed by atoms with van der Waals surface area (Å²) in [7, 11) is -1.97. The quantitative estimate of drug-likeness (QED) is 0.808. The number of nitrogens with one attached hydrogen (secondary N) is 1. The first-order valence-electron chi connectivity index (χ1n) is 9.99. The van der Waals surface area contributed by atoms with E-state index in [1.807, 2.05) is 18.2 Å². The highest BCUT2D eigenvalue weighted by molar-refractivity contribution is 7.88. The van der Waals surface area contributed by atoms with Gasteiger partial charge in [0, 0.05) is 31.4 Å². The van der Waals surface area contributed by atoms with Crippen molar-refractivity contribution in [1.29, 1.82) is 0 Å². The van der Waals surface area contributed by atoms with Crippen LogP contribution in [-0.2, 0) is 14.8 Å². The van der Waals surface area contributed by atoms with Gasteiger partial charge in [0.1, 0.15) is 0 Å². The van der Waals surface area contributed by atoms with Gasteiger partial charge in [-0.1, -0.05) is 18.2 Å². The number of amides is 1. The molecule has 3 atom stereocenters. The Morgan fingerprint density at radius 3 is 2.57 bits per heavy atom. The summed E-state index contributed by atoms with van der Waals surface area (Å²) >= 11 is 0. The minimum absolute atomic E-state index is 0.184. The average Bonchev–Trinajstić information content (AvgIpc) is 2.68. The van der Waals surface area contributed by atoms with E-state index in [0.29, 0.717) is 12.5 Å². The van der Waals surface area contributed by atoms with Crippen molar-refractivity contribution >= 4 is 21.8 Å². The second-order valence-corrected chi connectivity index (χ2v) is 9.68. The van der Waals surface area contributed by atoms with Gasteiger partial charge in [0.15, 0.2) is 0 Å². The standard InChI is InChI=1S/C20H31N3O4S/c1-27-20(24)23-13-7-11-18(21-28(2,25)26)19(23)14-16-8-6-12-22(15-16)17-9-4-3-5-10-17/h3-5,9-10,16,18-19,21H,6-8,11-15H2,1-2H3/t16?,18-,19-/m0/s1. The topological polar surface area (TPSA) is 79.0 Å². The molecule has 2 aliphatic heterocycles. The van der Waals surface area contributed by atoms with Gasteiger partial charge in [-0.3, -0.25) is 0 Å². The highest BCUT2D eigenvalue weighted by Crippen LogP contribution is 2.30. The molecule has 1 N–H and O–H groups in total. The second-order valence-electron chi connectivity index (χ2n) is 7.90. The summed E-state index contributed by atoms with van der Waals surface area (Å²) < 4.78 is 31.5. The van der Waals surface area contributed by atoms with E-state index < -0.39 is 10.0 Å². The molecule has 156 valence electrons. The lowest BCUT2D eigenvalue weighted by Gasteiger charge is -2.43. The molecule has 2 saturated heterocycles. The Morgan fingerprint density at radius 1 is 1.18 bits per heavy atom.